The fourth-order valence-electron chi connectivity index (χ4n) is 5.57. The van der Waals surface area contributed by atoms with Crippen molar-refractivity contribution in [3.05, 3.63) is 24.0 Å². The monoisotopic (exact) mass is 364 g/mol. The fraction of sp³-hybridized carbons (Fsp3) is 0.526. The molecule has 0 radical (unpaired) electrons. The third-order valence-electron chi connectivity index (χ3n) is 6.64. The number of carbonyl (C=O) groups excluding carboxylic acids is 1. The molecule has 1 amide bonds. The average Bonchev–Trinajstić information content (AvgIpc) is 3.33. The second kappa shape index (κ2) is 5.81. The van der Waals surface area contributed by atoms with E-state index in [1.807, 2.05) is 23.2 Å². The van der Waals surface area contributed by atoms with Crippen LogP contribution in [0.1, 0.15) is 44.1 Å². The SMILES string of the molecule is N#CCC(=O)N1CCCC2(CCC3(C2)OB(O)c2cnc4[nH]ccc4c23)C1. The highest BCUT2D eigenvalue weighted by Gasteiger charge is 2.57. The molecule has 27 heavy (non-hydrogen) atoms. The predicted octanol–water partition coefficient (Wildman–Crippen LogP) is 1.18. The maximum absolute atomic E-state index is 12.3. The Balaban J connectivity index is 1.50. The van der Waals surface area contributed by atoms with Gasteiger partial charge >= 0.3 is 7.12 Å². The lowest BCUT2D eigenvalue weighted by molar-refractivity contribution is -0.133. The van der Waals surface area contributed by atoms with Gasteiger partial charge in [0.25, 0.3) is 0 Å². The second-order valence-electron chi connectivity index (χ2n) is 8.22. The molecule has 8 heteroatoms. The summed E-state index contributed by atoms with van der Waals surface area (Å²) in [6.07, 6.45) is 8.05. The number of pyridine rings is 1. The molecule has 1 saturated heterocycles. The molecule has 2 N–H and O–H groups in total. The molecule has 7 nitrogen and oxygen atoms in total. The first kappa shape index (κ1) is 16.8. The van der Waals surface area contributed by atoms with Crippen LogP contribution in [-0.2, 0) is 15.0 Å². The van der Waals surface area contributed by atoms with E-state index in [0.29, 0.717) is 6.54 Å². The van der Waals surface area contributed by atoms with Crippen LogP contribution in [0.2, 0.25) is 0 Å². The van der Waals surface area contributed by atoms with Gasteiger partial charge in [0.05, 0.1) is 11.7 Å². The molecule has 2 spiro atoms. The third kappa shape index (κ3) is 2.42. The maximum atomic E-state index is 12.3. The Morgan fingerprint density at radius 2 is 2.37 bits per heavy atom. The first-order valence-corrected chi connectivity index (χ1v) is 9.53. The number of likely N-dealkylation sites (tertiary alicyclic amines) is 1. The van der Waals surface area contributed by atoms with Gasteiger partial charge in [0.1, 0.15) is 12.1 Å². The average molecular weight is 364 g/mol. The molecule has 1 aliphatic carbocycles. The van der Waals surface area contributed by atoms with Crippen molar-refractivity contribution in [2.24, 2.45) is 5.41 Å². The zero-order chi connectivity index (χ0) is 18.6. The van der Waals surface area contributed by atoms with Crippen molar-refractivity contribution in [3.8, 4) is 6.07 Å². The Kier molecular flexibility index (Phi) is 3.61. The van der Waals surface area contributed by atoms with Crippen LogP contribution >= 0.6 is 0 Å². The minimum Gasteiger partial charge on any atom is -0.423 e. The molecule has 3 aliphatic rings. The van der Waals surface area contributed by atoms with E-state index in [9.17, 15) is 9.82 Å². The highest BCUT2D eigenvalue weighted by atomic mass is 16.5. The number of amides is 1. The molecule has 2 aliphatic heterocycles. The number of carbonyl (C=O) groups is 1. The molecule has 4 heterocycles. The van der Waals surface area contributed by atoms with E-state index >= 15 is 0 Å². The molecule has 2 unspecified atom stereocenters. The van der Waals surface area contributed by atoms with Crippen molar-refractivity contribution < 1.29 is 14.5 Å². The van der Waals surface area contributed by atoms with Gasteiger partial charge in [0.15, 0.2) is 0 Å². The lowest BCUT2D eigenvalue weighted by atomic mass is 9.75. The normalized spacial score (nSPS) is 29.6. The number of nitriles is 1. The molecule has 0 aromatic carbocycles. The molecule has 2 aromatic rings. The summed E-state index contributed by atoms with van der Waals surface area (Å²) >= 11 is 0. The minimum absolute atomic E-state index is 0.0173. The number of aromatic nitrogens is 2. The topological polar surface area (TPSA) is 102 Å². The number of nitrogens with zero attached hydrogens (tertiary/aromatic N) is 3. The Morgan fingerprint density at radius 1 is 1.48 bits per heavy atom. The van der Waals surface area contributed by atoms with Crippen molar-refractivity contribution in [2.75, 3.05) is 13.1 Å². The first-order chi connectivity index (χ1) is 13.1. The Labute approximate surface area is 157 Å². The largest absolute Gasteiger partial charge is 0.493 e. The minimum atomic E-state index is -0.957. The molecule has 2 aromatic heterocycles. The van der Waals surface area contributed by atoms with Crippen molar-refractivity contribution in [1.29, 1.82) is 5.26 Å². The number of nitrogens with one attached hydrogen (secondary N) is 1. The van der Waals surface area contributed by atoms with Gasteiger partial charge < -0.3 is 19.6 Å². The van der Waals surface area contributed by atoms with E-state index in [0.717, 1.165) is 60.7 Å². The summed E-state index contributed by atoms with van der Waals surface area (Å²) in [6, 6.07) is 3.97. The van der Waals surface area contributed by atoms with Gasteiger partial charge in [-0.05, 0) is 49.1 Å². The van der Waals surface area contributed by atoms with Gasteiger partial charge in [-0.2, -0.15) is 5.26 Å². The Hall–Kier alpha value is -2.37. The summed E-state index contributed by atoms with van der Waals surface area (Å²) in [5.41, 5.74) is 2.07. The third-order valence-corrected chi connectivity index (χ3v) is 6.64. The molecule has 5 rings (SSSR count). The van der Waals surface area contributed by atoms with E-state index in [-0.39, 0.29) is 17.7 Å². The van der Waals surface area contributed by atoms with E-state index in [1.165, 1.54) is 0 Å². The summed E-state index contributed by atoms with van der Waals surface area (Å²) in [5.74, 6) is -0.0810. The molecule has 138 valence electrons. The number of hydrogen-bond donors (Lipinski definition) is 2. The maximum Gasteiger partial charge on any atom is 0.493 e. The highest BCUT2D eigenvalue weighted by molar-refractivity contribution is 6.62. The summed E-state index contributed by atoms with van der Waals surface area (Å²) in [4.78, 5) is 21.6. The van der Waals surface area contributed by atoms with Gasteiger partial charge in [-0.1, -0.05) is 0 Å². The number of H-pyrrole nitrogens is 1. The number of piperidine rings is 1. The van der Waals surface area contributed by atoms with Gasteiger partial charge in [-0.25, -0.2) is 4.98 Å². The summed E-state index contributed by atoms with van der Waals surface area (Å²) < 4.78 is 6.17. The standard InChI is InChI=1S/C19H21BN4O3/c21-7-2-15(25)24-9-1-4-18(12-24)5-6-19(11-18)16-13-3-8-22-17(13)23-10-14(16)20(26)27-19/h3,8,10,26H,1-2,4-6,9,11-12H2,(H,22,23). The smallest absolute Gasteiger partial charge is 0.423 e. The Bertz CT molecular complexity index is 970. The molecular weight excluding hydrogens is 343 g/mol. The van der Waals surface area contributed by atoms with Crippen LogP contribution in [0.4, 0.5) is 0 Å². The second-order valence-corrected chi connectivity index (χ2v) is 8.22. The van der Waals surface area contributed by atoms with Gasteiger partial charge in [0, 0.05) is 36.3 Å². The quantitative estimate of drug-likeness (QED) is 0.740. The highest BCUT2D eigenvalue weighted by Crippen LogP contribution is 2.57. The molecule has 2 atom stereocenters. The van der Waals surface area contributed by atoms with Crippen LogP contribution < -0.4 is 5.46 Å². The molecular formula is C19H21BN4O3. The van der Waals surface area contributed by atoms with Crippen LogP contribution in [0, 0.1) is 16.7 Å². The zero-order valence-electron chi connectivity index (χ0n) is 15.1. The van der Waals surface area contributed by atoms with E-state index in [4.69, 9.17) is 9.92 Å². The Morgan fingerprint density at radius 3 is 3.22 bits per heavy atom. The number of hydrogen-bond acceptors (Lipinski definition) is 5. The molecule has 0 bridgehead atoms. The van der Waals surface area contributed by atoms with Crippen molar-refractivity contribution >= 4 is 29.5 Å². The van der Waals surface area contributed by atoms with Crippen molar-refractivity contribution in [3.63, 3.8) is 0 Å². The number of aromatic amines is 1. The van der Waals surface area contributed by atoms with Crippen LogP contribution in [0.25, 0.3) is 11.0 Å². The van der Waals surface area contributed by atoms with Gasteiger partial charge in [-0.15, -0.1) is 0 Å². The first-order valence-electron chi connectivity index (χ1n) is 9.53. The summed E-state index contributed by atoms with van der Waals surface area (Å²) in [5, 5.41) is 20.4. The van der Waals surface area contributed by atoms with E-state index in [2.05, 4.69) is 9.97 Å². The van der Waals surface area contributed by atoms with Crippen molar-refractivity contribution in [1.82, 2.24) is 14.9 Å². The van der Waals surface area contributed by atoms with Crippen molar-refractivity contribution in [2.45, 2.75) is 44.1 Å². The fourth-order valence-corrected chi connectivity index (χ4v) is 5.57. The van der Waals surface area contributed by atoms with E-state index < -0.39 is 12.7 Å². The zero-order valence-corrected chi connectivity index (χ0v) is 15.1. The van der Waals surface area contributed by atoms with Gasteiger partial charge in [-0.3, -0.25) is 4.79 Å². The summed E-state index contributed by atoms with van der Waals surface area (Å²) in [6.45, 7) is 1.40. The number of rotatable bonds is 1. The lowest BCUT2D eigenvalue weighted by Gasteiger charge is -2.41. The van der Waals surface area contributed by atoms with E-state index in [1.54, 1.807) is 6.20 Å². The van der Waals surface area contributed by atoms with Crippen LogP contribution in [-0.4, -0.2) is 46.0 Å². The van der Waals surface area contributed by atoms with Crippen LogP contribution in [0.3, 0.4) is 0 Å². The van der Waals surface area contributed by atoms with Crippen LogP contribution in [0.15, 0.2) is 18.5 Å². The van der Waals surface area contributed by atoms with Crippen LogP contribution in [0.5, 0.6) is 0 Å². The summed E-state index contributed by atoms with van der Waals surface area (Å²) in [7, 11) is -0.957. The predicted molar refractivity (Wildman–Crippen MR) is 98.8 cm³/mol. The number of fused-ring (bicyclic) bond motifs is 4. The van der Waals surface area contributed by atoms with Gasteiger partial charge in [0.2, 0.25) is 5.91 Å². The molecule has 2 fully saturated rings. The molecule has 1 saturated carbocycles. The lowest BCUT2D eigenvalue weighted by Crippen LogP contribution is -2.45.